The molecule has 2 aromatic rings. The molecule has 0 aromatic carbocycles. The summed E-state index contributed by atoms with van der Waals surface area (Å²) in [4.78, 5) is 12.3. The van der Waals surface area contributed by atoms with Crippen LogP contribution in [0, 0.1) is 6.92 Å². The summed E-state index contributed by atoms with van der Waals surface area (Å²) in [6.07, 6.45) is 3.33. The molecule has 1 fully saturated rings. The fraction of sp³-hybridized carbons (Fsp3) is 0.467. The van der Waals surface area contributed by atoms with Crippen molar-refractivity contribution in [3.63, 3.8) is 0 Å². The molecule has 0 bridgehead atoms. The maximum absolute atomic E-state index is 9.60. The SMILES string of the molecule is Cc1ccsc1CCNc1nccc(N2CC[C@@H](O)C2)n1. The molecule has 3 heterocycles. The lowest BCUT2D eigenvalue weighted by atomic mass is 10.2. The summed E-state index contributed by atoms with van der Waals surface area (Å²) in [5.41, 5.74) is 1.35. The zero-order valence-corrected chi connectivity index (χ0v) is 12.9. The van der Waals surface area contributed by atoms with Crippen LogP contribution in [0.4, 0.5) is 11.8 Å². The van der Waals surface area contributed by atoms with Crippen molar-refractivity contribution >= 4 is 23.1 Å². The Morgan fingerprint density at radius 1 is 1.48 bits per heavy atom. The molecule has 5 nitrogen and oxygen atoms in total. The maximum Gasteiger partial charge on any atom is 0.224 e. The molecular formula is C15H20N4OS. The summed E-state index contributed by atoms with van der Waals surface area (Å²) in [7, 11) is 0. The standard InChI is InChI=1S/C15H20N4OS/c1-11-5-9-21-13(11)2-6-16-15-17-7-3-14(18-15)19-8-4-12(20)10-19/h3,5,7,9,12,20H,2,4,6,8,10H2,1H3,(H,16,17,18)/t12-/m1/s1. The lowest BCUT2D eigenvalue weighted by molar-refractivity contribution is 0.198. The van der Waals surface area contributed by atoms with Crippen molar-refractivity contribution < 1.29 is 5.11 Å². The van der Waals surface area contributed by atoms with Gasteiger partial charge in [-0.3, -0.25) is 0 Å². The number of hydrogen-bond acceptors (Lipinski definition) is 6. The van der Waals surface area contributed by atoms with E-state index in [2.05, 4.69) is 38.6 Å². The van der Waals surface area contributed by atoms with Gasteiger partial charge in [0.15, 0.2) is 0 Å². The summed E-state index contributed by atoms with van der Waals surface area (Å²) < 4.78 is 0. The number of β-amino-alcohol motifs (C(OH)–C–C–N with tert-alkyl or cyclic N) is 1. The van der Waals surface area contributed by atoms with E-state index in [1.807, 2.05) is 6.07 Å². The molecule has 0 saturated carbocycles. The second-order valence-corrected chi connectivity index (χ2v) is 6.33. The number of thiophene rings is 1. The van der Waals surface area contributed by atoms with Crippen LogP contribution in [0.15, 0.2) is 23.7 Å². The summed E-state index contributed by atoms with van der Waals surface area (Å²) in [6, 6.07) is 4.04. The van der Waals surface area contributed by atoms with E-state index < -0.39 is 0 Å². The molecule has 0 radical (unpaired) electrons. The van der Waals surface area contributed by atoms with E-state index in [0.717, 1.165) is 31.7 Å². The zero-order valence-electron chi connectivity index (χ0n) is 12.1. The molecule has 2 aromatic heterocycles. The van der Waals surface area contributed by atoms with Crippen molar-refractivity contribution in [3.05, 3.63) is 34.2 Å². The normalized spacial score (nSPS) is 18.2. The molecule has 21 heavy (non-hydrogen) atoms. The molecule has 0 spiro atoms. The first-order valence-electron chi connectivity index (χ1n) is 7.25. The van der Waals surface area contributed by atoms with Gasteiger partial charge in [0.2, 0.25) is 5.95 Å². The average Bonchev–Trinajstić information content (AvgIpc) is 3.09. The van der Waals surface area contributed by atoms with E-state index in [1.54, 1.807) is 17.5 Å². The zero-order chi connectivity index (χ0) is 14.7. The lowest BCUT2D eigenvalue weighted by Crippen LogP contribution is -2.22. The number of aromatic nitrogens is 2. The predicted molar refractivity (Wildman–Crippen MR) is 86.1 cm³/mol. The van der Waals surface area contributed by atoms with Gasteiger partial charge in [-0.2, -0.15) is 4.98 Å². The van der Waals surface area contributed by atoms with Crippen LogP contribution in [0.3, 0.4) is 0 Å². The summed E-state index contributed by atoms with van der Waals surface area (Å²) >= 11 is 1.79. The van der Waals surface area contributed by atoms with E-state index in [4.69, 9.17) is 0 Å². The van der Waals surface area contributed by atoms with Crippen molar-refractivity contribution in [1.29, 1.82) is 0 Å². The first kappa shape index (κ1) is 14.3. The van der Waals surface area contributed by atoms with Crippen molar-refractivity contribution in [1.82, 2.24) is 9.97 Å². The van der Waals surface area contributed by atoms with Gasteiger partial charge >= 0.3 is 0 Å². The predicted octanol–water partition coefficient (Wildman–Crippen LogP) is 2.07. The van der Waals surface area contributed by atoms with Gasteiger partial charge in [0.05, 0.1) is 6.10 Å². The van der Waals surface area contributed by atoms with Crippen molar-refractivity contribution in [2.45, 2.75) is 25.9 Å². The quantitative estimate of drug-likeness (QED) is 0.885. The Morgan fingerprint density at radius 3 is 3.10 bits per heavy atom. The van der Waals surface area contributed by atoms with Crippen LogP contribution in [0.2, 0.25) is 0 Å². The Morgan fingerprint density at radius 2 is 2.38 bits per heavy atom. The number of aryl methyl sites for hydroxylation is 1. The summed E-state index contributed by atoms with van der Waals surface area (Å²) in [6.45, 7) is 4.48. The molecule has 2 N–H and O–H groups in total. The van der Waals surface area contributed by atoms with E-state index >= 15 is 0 Å². The Kier molecular flexibility index (Phi) is 4.36. The molecule has 3 rings (SSSR count). The second kappa shape index (κ2) is 6.41. The van der Waals surface area contributed by atoms with Gasteiger partial charge < -0.3 is 15.3 Å². The minimum Gasteiger partial charge on any atom is -0.391 e. The van der Waals surface area contributed by atoms with Crippen molar-refractivity contribution in [3.8, 4) is 0 Å². The molecule has 1 aliphatic rings. The van der Waals surface area contributed by atoms with Gasteiger partial charge in [0.1, 0.15) is 5.82 Å². The largest absolute Gasteiger partial charge is 0.391 e. The highest BCUT2D eigenvalue weighted by Gasteiger charge is 2.21. The fourth-order valence-electron chi connectivity index (χ4n) is 2.51. The summed E-state index contributed by atoms with van der Waals surface area (Å²) in [5, 5.41) is 15.0. The molecule has 1 saturated heterocycles. The van der Waals surface area contributed by atoms with Gasteiger partial charge in [-0.25, -0.2) is 4.98 Å². The van der Waals surface area contributed by atoms with Crippen LogP contribution in [0.25, 0.3) is 0 Å². The number of aliphatic hydroxyl groups excluding tert-OH is 1. The number of hydrogen-bond donors (Lipinski definition) is 2. The van der Waals surface area contributed by atoms with Crippen LogP contribution in [-0.2, 0) is 6.42 Å². The molecule has 0 unspecified atom stereocenters. The van der Waals surface area contributed by atoms with E-state index in [0.29, 0.717) is 12.5 Å². The van der Waals surface area contributed by atoms with Gasteiger partial charge in [-0.15, -0.1) is 11.3 Å². The highest BCUT2D eigenvalue weighted by Crippen LogP contribution is 2.19. The third-order valence-electron chi connectivity index (χ3n) is 3.73. The van der Waals surface area contributed by atoms with Gasteiger partial charge in [0, 0.05) is 30.7 Å². The number of rotatable bonds is 5. The molecule has 0 amide bonds. The molecule has 112 valence electrons. The summed E-state index contributed by atoms with van der Waals surface area (Å²) in [5.74, 6) is 1.54. The third kappa shape index (κ3) is 3.51. The van der Waals surface area contributed by atoms with Crippen LogP contribution < -0.4 is 10.2 Å². The molecule has 0 aliphatic carbocycles. The van der Waals surface area contributed by atoms with Crippen LogP contribution in [0.5, 0.6) is 0 Å². The lowest BCUT2D eigenvalue weighted by Gasteiger charge is -2.17. The highest BCUT2D eigenvalue weighted by atomic mass is 32.1. The minimum absolute atomic E-state index is 0.238. The second-order valence-electron chi connectivity index (χ2n) is 5.33. The fourth-order valence-corrected chi connectivity index (χ4v) is 3.42. The van der Waals surface area contributed by atoms with E-state index in [-0.39, 0.29) is 6.10 Å². The first-order valence-corrected chi connectivity index (χ1v) is 8.13. The monoisotopic (exact) mass is 304 g/mol. The Labute approximate surface area is 128 Å². The smallest absolute Gasteiger partial charge is 0.224 e. The van der Waals surface area contributed by atoms with Gasteiger partial charge in [-0.05, 0) is 42.8 Å². The first-order chi connectivity index (χ1) is 10.2. The Balaban J connectivity index is 1.57. The van der Waals surface area contributed by atoms with E-state index in [1.165, 1.54) is 10.4 Å². The third-order valence-corrected chi connectivity index (χ3v) is 4.81. The van der Waals surface area contributed by atoms with E-state index in [9.17, 15) is 5.11 Å². The highest BCUT2D eigenvalue weighted by molar-refractivity contribution is 7.10. The molecule has 6 heteroatoms. The van der Waals surface area contributed by atoms with Crippen molar-refractivity contribution in [2.24, 2.45) is 0 Å². The molecular weight excluding hydrogens is 284 g/mol. The van der Waals surface area contributed by atoms with Crippen LogP contribution in [-0.4, -0.2) is 40.8 Å². The van der Waals surface area contributed by atoms with Crippen molar-refractivity contribution in [2.75, 3.05) is 29.9 Å². The van der Waals surface area contributed by atoms with Crippen LogP contribution in [0.1, 0.15) is 16.9 Å². The number of aliphatic hydroxyl groups is 1. The Hall–Kier alpha value is -1.66. The average molecular weight is 304 g/mol. The minimum atomic E-state index is -0.238. The molecule has 1 atom stereocenters. The maximum atomic E-state index is 9.60. The number of nitrogens with one attached hydrogen (secondary N) is 1. The van der Waals surface area contributed by atoms with Gasteiger partial charge in [-0.1, -0.05) is 0 Å². The number of nitrogens with zero attached hydrogens (tertiary/aromatic N) is 3. The molecule has 1 aliphatic heterocycles. The number of anilines is 2. The topological polar surface area (TPSA) is 61.3 Å². The van der Waals surface area contributed by atoms with Crippen LogP contribution >= 0.6 is 11.3 Å². The Bertz CT molecular complexity index is 601. The van der Waals surface area contributed by atoms with Gasteiger partial charge in [0.25, 0.3) is 0 Å².